The third-order valence-corrected chi connectivity index (χ3v) is 6.73. The number of carboxylic acid groups (broad SMARTS) is 1. The molecule has 0 atom stereocenters. The molecule has 0 aromatic heterocycles. The summed E-state index contributed by atoms with van der Waals surface area (Å²) in [7, 11) is -2.90. The molecule has 5 N–H and O–H groups in total. The number of amidine groups is 1. The molecular weight excluding hydrogens is 562 g/mol. The third-order valence-electron chi connectivity index (χ3n) is 5.84. The van der Waals surface area contributed by atoms with Gasteiger partial charge in [0, 0.05) is 18.3 Å². The molecule has 0 spiro atoms. The zero-order valence-electron chi connectivity index (χ0n) is 22.3. The number of nitrogens with zero attached hydrogens (tertiary/aromatic N) is 5. The van der Waals surface area contributed by atoms with E-state index >= 15 is 0 Å². The van der Waals surface area contributed by atoms with E-state index in [1.54, 1.807) is 42.5 Å². The first-order valence-corrected chi connectivity index (χ1v) is 13.7. The van der Waals surface area contributed by atoms with Gasteiger partial charge in [-0.2, -0.15) is 23.7 Å². The van der Waals surface area contributed by atoms with Crippen LogP contribution in [0.5, 0.6) is 5.75 Å². The van der Waals surface area contributed by atoms with Gasteiger partial charge in [0.15, 0.2) is 5.75 Å². The van der Waals surface area contributed by atoms with Gasteiger partial charge >= 0.3 is 5.97 Å². The molecule has 0 unspecified atom stereocenters. The van der Waals surface area contributed by atoms with Crippen molar-refractivity contribution in [3.63, 3.8) is 0 Å². The summed E-state index contributed by atoms with van der Waals surface area (Å²) in [6.45, 7) is 1.83. The quantitative estimate of drug-likeness (QED) is 0.0357. The van der Waals surface area contributed by atoms with Crippen molar-refractivity contribution in [2.45, 2.75) is 11.8 Å². The van der Waals surface area contributed by atoms with E-state index in [1.165, 1.54) is 24.3 Å². The van der Waals surface area contributed by atoms with Gasteiger partial charge < -0.3 is 15.5 Å². The van der Waals surface area contributed by atoms with Crippen LogP contribution < -0.4 is 10.7 Å². The predicted molar refractivity (Wildman–Crippen MR) is 157 cm³/mol. The predicted octanol–water partition coefficient (Wildman–Crippen LogP) is 6.66. The third kappa shape index (κ3) is 7.18. The Morgan fingerprint density at radius 3 is 2.29 bits per heavy atom. The lowest BCUT2D eigenvalue weighted by Crippen LogP contribution is -2.04. The van der Waals surface area contributed by atoms with Crippen LogP contribution in [0.1, 0.15) is 21.5 Å². The van der Waals surface area contributed by atoms with E-state index in [0.717, 1.165) is 17.3 Å². The minimum absolute atomic E-state index is 0.0611. The molecule has 0 fully saturated rings. The number of para-hydroxylation sites is 1. The topological polar surface area (TPSA) is 198 Å². The molecule has 0 amide bonds. The van der Waals surface area contributed by atoms with Gasteiger partial charge in [0.2, 0.25) is 5.84 Å². The number of aryl methyl sites for hydroxylation is 1. The summed E-state index contributed by atoms with van der Waals surface area (Å²) < 4.78 is 32.6. The van der Waals surface area contributed by atoms with Crippen molar-refractivity contribution in [3.05, 3.63) is 102 Å². The fourth-order valence-electron chi connectivity index (χ4n) is 3.58. The molecule has 4 aromatic rings. The average Bonchev–Trinajstić information content (AvgIpc) is 2.97. The number of aromatic carboxylic acids is 1. The first-order valence-electron chi connectivity index (χ1n) is 12.2. The highest BCUT2D eigenvalue weighted by Crippen LogP contribution is 2.31. The van der Waals surface area contributed by atoms with Gasteiger partial charge in [-0.25, -0.2) is 4.79 Å². The molecule has 0 saturated heterocycles. The van der Waals surface area contributed by atoms with E-state index in [0.29, 0.717) is 16.9 Å². The van der Waals surface area contributed by atoms with Crippen molar-refractivity contribution in [2.75, 3.05) is 17.8 Å². The average molecular weight is 588 g/mol. The van der Waals surface area contributed by atoms with E-state index in [9.17, 15) is 28.0 Å². The maximum Gasteiger partial charge on any atom is 0.337 e. The summed E-state index contributed by atoms with van der Waals surface area (Å²) in [4.78, 5) is 10.9. The summed E-state index contributed by atoms with van der Waals surface area (Å²) in [5, 5.41) is 44.0. The summed E-state index contributed by atoms with van der Waals surface area (Å²) >= 11 is 0. The molecule has 13 nitrogen and oxygen atoms in total. The number of rotatable bonds is 9. The SMILES string of the molecule is CNc1ccc(N=Nc2cc(C(N=Nc3ccccc3C(=O)O)=NNc3cccc(S(=O)(=O)O)c3O)ccc2C)cc1. The number of anilines is 2. The van der Waals surface area contributed by atoms with Gasteiger partial charge in [-0.1, -0.05) is 30.3 Å². The number of carboxylic acids is 1. The first kappa shape index (κ1) is 29.5. The molecule has 0 saturated carbocycles. The van der Waals surface area contributed by atoms with Crippen LogP contribution in [-0.4, -0.2) is 42.0 Å². The van der Waals surface area contributed by atoms with E-state index in [1.807, 2.05) is 26.1 Å². The van der Waals surface area contributed by atoms with Crippen molar-refractivity contribution in [3.8, 4) is 5.75 Å². The lowest BCUT2D eigenvalue weighted by Gasteiger charge is -2.09. The number of aromatic hydroxyl groups is 1. The maximum absolute atomic E-state index is 11.6. The molecule has 42 heavy (non-hydrogen) atoms. The Balaban J connectivity index is 1.76. The summed E-state index contributed by atoms with van der Waals surface area (Å²) in [6, 6.07) is 22.0. The number of carbonyl (C=O) groups is 1. The highest BCUT2D eigenvalue weighted by Gasteiger charge is 2.18. The first-order chi connectivity index (χ1) is 20.1. The maximum atomic E-state index is 11.6. The second kappa shape index (κ2) is 12.8. The Hall–Kier alpha value is -5.47. The van der Waals surface area contributed by atoms with Gasteiger partial charge in [-0.15, -0.1) is 10.2 Å². The highest BCUT2D eigenvalue weighted by atomic mass is 32.2. The molecule has 14 heteroatoms. The molecule has 4 rings (SSSR count). The van der Waals surface area contributed by atoms with Crippen LogP contribution in [0.3, 0.4) is 0 Å². The van der Waals surface area contributed by atoms with Gasteiger partial charge in [0.25, 0.3) is 10.1 Å². The number of nitrogens with one attached hydrogen (secondary N) is 2. The Morgan fingerprint density at radius 2 is 1.60 bits per heavy atom. The van der Waals surface area contributed by atoms with Gasteiger partial charge in [0.05, 0.1) is 22.6 Å². The normalized spacial score (nSPS) is 12.1. The number of hydrazone groups is 1. The summed E-state index contributed by atoms with van der Waals surface area (Å²) in [5.41, 5.74) is 5.54. The Bertz CT molecular complexity index is 1820. The molecule has 0 radical (unpaired) electrons. The van der Waals surface area contributed by atoms with E-state index in [-0.39, 0.29) is 22.8 Å². The standard InChI is InChI=1S/C28H25N7O6S/c1-17-10-11-18(16-24(17)33-30-20-14-12-19(29-2)13-15-20)27(34-31-22-7-4-3-6-21(22)28(37)38)35-32-23-8-5-9-25(26(23)36)42(39,40)41/h3-16,29,32,36H,1-2H3,(H,37,38)(H,39,40,41). The Morgan fingerprint density at radius 1 is 0.857 bits per heavy atom. The monoisotopic (exact) mass is 587 g/mol. The molecule has 4 aromatic carbocycles. The second-order valence-electron chi connectivity index (χ2n) is 8.70. The van der Waals surface area contributed by atoms with Crippen LogP contribution in [-0.2, 0) is 10.1 Å². The molecule has 0 aliphatic heterocycles. The largest absolute Gasteiger partial charge is 0.504 e. The van der Waals surface area contributed by atoms with Crippen molar-refractivity contribution in [2.24, 2.45) is 25.6 Å². The number of azo groups is 2. The minimum Gasteiger partial charge on any atom is -0.504 e. The molecule has 0 bridgehead atoms. The molecular formula is C28H25N7O6S. The zero-order valence-corrected chi connectivity index (χ0v) is 23.1. The van der Waals surface area contributed by atoms with Gasteiger partial charge in [-0.3, -0.25) is 9.98 Å². The minimum atomic E-state index is -4.71. The number of hydrogen-bond donors (Lipinski definition) is 5. The highest BCUT2D eigenvalue weighted by molar-refractivity contribution is 7.86. The smallest absolute Gasteiger partial charge is 0.337 e. The van der Waals surface area contributed by atoms with Crippen LogP contribution in [0.15, 0.2) is 115 Å². The molecule has 0 heterocycles. The fourth-order valence-corrected chi connectivity index (χ4v) is 4.19. The number of phenolic OH excluding ortho intramolecular Hbond substituents is 1. The Kier molecular flexibility index (Phi) is 8.99. The van der Waals surface area contributed by atoms with Gasteiger partial charge in [-0.05, 0) is 67.1 Å². The zero-order chi connectivity index (χ0) is 30.3. The van der Waals surface area contributed by atoms with Crippen LogP contribution in [0, 0.1) is 6.92 Å². The summed E-state index contributed by atoms with van der Waals surface area (Å²) in [6.07, 6.45) is 0. The molecule has 0 aliphatic carbocycles. The Labute approximate surface area is 240 Å². The van der Waals surface area contributed by atoms with Crippen LogP contribution in [0.2, 0.25) is 0 Å². The van der Waals surface area contributed by atoms with Crippen LogP contribution in [0.4, 0.5) is 28.4 Å². The van der Waals surface area contributed by atoms with E-state index in [4.69, 9.17) is 0 Å². The van der Waals surface area contributed by atoms with Crippen LogP contribution in [0.25, 0.3) is 0 Å². The van der Waals surface area contributed by atoms with Crippen molar-refractivity contribution in [1.29, 1.82) is 0 Å². The number of phenols is 1. The van der Waals surface area contributed by atoms with E-state index < -0.39 is 26.7 Å². The van der Waals surface area contributed by atoms with Crippen molar-refractivity contribution in [1.82, 2.24) is 0 Å². The molecule has 214 valence electrons. The number of benzene rings is 4. The second-order valence-corrected chi connectivity index (χ2v) is 10.1. The summed E-state index contributed by atoms with van der Waals surface area (Å²) in [5.74, 6) is -2.03. The van der Waals surface area contributed by atoms with Crippen molar-refractivity contribution >= 4 is 50.4 Å². The lowest BCUT2D eigenvalue weighted by molar-refractivity contribution is 0.0697. The van der Waals surface area contributed by atoms with E-state index in [2.05, 4.69) is 36.3 Å². The fraction of sp³-hybridized carbons (Fsp3) is 0.0714. The number of hydrogen-bond acceptors (Lipinski definition) is 10. The van der Waals surface area contributed by atoms with Crippen LogP contribution >= 0.6 is 0 Å². The van der Waals surface area contributed by atoms with Gasteiger partial charge in [0.1, 0.15) is 10.6 Å². The molecule has 0 aliphatic rings. The lowest BCUT2D eigenvalue weighted by atomic mass is 10.1. The van der Waals surface area contributed by atoms with Crippen molar-refractivity contribution < 1.29 is 28.0 Å².